The Hall–Kier alpha value is -0.260. The van der Waals surface area contributed by atoms with Crippen LogP contribution in [0.25, 0.3) is 0 Å². The Balaban J connectivity index is 2.02. The summed E-state index contributed by atoms with van der Waals surface area (Å²) in [5.41, 5.74) is 0. The van der Waals surface area contributed by atoms with Crippen molar-refractivity contribution in [2.75, 3.05) is 0 Å². The molecule has 0 spiro atoms. The predicted molar refractivity (Wildman–Crippen MR) is 52.7 cm³/mol. The third-order valence-corrected chi connectivity index (χ3v) is 3.37. The van der Waals surface area contributed by atoms with Crippen molar-refractivity contribution in [2.24, 2.45) is 11.8 Å². The van der Waals surface area contributed by atoms with Crippen molar-refractivity contribution < 1.29 is 0 Å². The summed E-state index contributed by atoms with van der Waals surface area (Å²) in [6, 6.07) is 0. The maximum absolute atomic E-state index is 2.43. The molecular formula is C12H19. The molecular weight excluding hydrogens is 144 g/mol. The van der Waals surface area contributed by atoms with E-state index in [4.69, 9.17) is 0 Å². The Labute approximate surface area is 76.1 Å². The van der Waals surface area contributed by atoms with Crippen molar-refractivity contribution in [3.05, 3.63) is 18.6 Å². The molecule has 12 heavy (non-hydrogen) atoms. The molecule has 0 N–H and O–H groups in total. The van der Waals surface area contributed by atoms with E-state index in [2.05, 4.69) is 18.6 Å². The standard InChI is InChI=1S/C12H19/c1-2-6-12-8-4-3-7-11(5-1)9-10-12/h1-2,5,11-12H,3-4,6-10H2. The fourth-order valence-corrected chi connectivity index (χ4v) is 2.51. The highest BCUT2D eigenvalue weighted by molar-refractivity contribution is 5.01. The second-order valence-electron chi connectivity index (χ2n) is 4.34. The lowest BCUT2D eigenvalue weighted by Gasteiger charge is -2.25. The lowest BCUT2D eigenvalue weighted by Crippen LogP contribution is -2.11. The van der Waals surface area contributed by atoms with Gasteiger partial charge in [0.25, 0.3) is 0 Å². The van der Waals surface area contributed by atoms with E-state index >= 15 is 0 Å². The van der Waals surface area contributed by atoms with Crippen molar-refractivity contribution in [1.29, 1.82) is 0 Å². The van der Waals surface area contributed by atoms with E-state index in [0.29, 0.717) is 0 Å². The van der Waals surface area contributed by atoms with E-state index in [-0.39, 0.29) is 0 Å². The fraction of sp³-hybridized carbons (Fsp3) is 0.750. The Bertz CT molecular complexity index is 139. The normalized spacial score (nSPS) is 36.7. The van der Waals surface area contributed by atoms with Crippen LogP contribution in [-0.2, 0) is 0 Å². The van der Waals surface area contributed by atoms with Gasteiger partial charge < -0.3 is 0 Å². The first-order chi connectivity index (χ1) is 5.95. The maximum Gasteiger partial charge on any atom is -0.0140 e. The van der Waals surface area contributed by atoms with Crippen LogP contribution in [0.3, 0.4) is 0 Å². The van der Waals surface area contributed by atoms with Gasteiger partial charge in [-0.15, -0.1) is 0 Å². The van der Waals surface area contributed by atoms with Crippen LogP contribution in [0.5, 0.6) is 0 Å². The molecule has 1 saturated carbocycles. The number of hydrogen-bond donors (Lipinski definition) is 0. The largest absolute Gasteiger partial charge is 0.0880 e. The molecule has 0 aliphatic heterocycles. The molecule has 0 aromatic rings. The van der Waals surface area contributed by atoms with Crippen LogP contribution >= 0.6 is 0 Å². The zero-order valence-corrected chi connectivity index (χ0v) is 7.84. The molecule has 1 radical (unpaired) electrons. The van der Waals surface area contributed by atoms with Crippen molar-refractivity contribution in [3.63, 3.8) is 0 Å². The van der Waals surface area contributed by atoms with E-state index in [1.165, 1.54) is 44.9 Å². The lowest BCUT2D eigenvalue weighted by atomic mass is 9.81. The molecule has 0 amide bonds. The fourth-order valence-electron chi connectivity index (χ4n) is 2.51. The van der Waals surface area contributed by atoms with Crippen molar-refractivity contribution in [1.82, 2.24) is 0 Å². The third-order valence-electron chi connectivity index (χ3n) is 3.37. The first-order valence-corrected chi connectivity index (χ1v) is 5.45. The van der Waals surface area contributed by atoms with Gasteiger partial charge in [-0.25, -0.2) is 0 Å². The highest BCUT2D eigenvalue weighted by Crippen LogP contribution is 2.31. The molecule has 2 aliphatic carbocycles. The number of fused-ring (bicyclic) bond motifs is 3. The summed E-state index contributed by atoms with van der Waals surface area (Å²) in [4.78, 5) is 0. The topological polar surface area (TPSA) is 0 Å². The monoisotopic (exact) mass is 163 g/mol. The Morgan fingerprint density at radius 2 is 1.83 bits per heavy atom. The Morgan fingerprint density at radius 3 is 2.83 bits per heavy atom. The Morgan fingerprint density at radius 1 is 0.917 bits per heavy atom. The van der Waals surface area contributed by atoms with Gasteiger partial charge in [-0.2, -0.15) is 0 Å². The van der Waals surface area contributed by atoms with Crippen molar-refractivity contribution in [2.45, 2.75) is 44.9 Å². The van der Waals surface area contributed by atoms with E-state index in [9.17, 15) is 0 Å². The summed E-state index contributed by atoms with van der Waals surface area (Å²) in [6.07, 6.45) is 17.2. The van der Waals surface area contributed by atoms with Crippen LogP contribution in [0.1, 0.15) is 44.9 Å². The predicted octanol–water partition coefficient (Wildman–Crippen LogP) is 3.74. The smallest absolute Gasteiger partial charge is 0.0140 e. The van der Waals surface area contributed by atoms with Crippen LogP contribution in [0.4, 0.5) is 0 Å². The molecule has 2 aliphatic rings. The summed E-state index contributed by atoms with van der Waals surface area (Å²) in [6.45, 7) is 0. The molecule has 0 heteroatoms. The number of allylic oxidation sites excluding steroid dienone is 2. The van der Waals surface area contributed by atoms with Gasteiger partial charge >= 0.3 is 0 Å². The van der Waals surface area contributed by atoms with Crippen LogP contribution < -0.4 is 0 Å². The molecule has 2 rings (SSSR count). The average Bonchev–Trinajstić information content (AvgIpc) is 2.03. The van der Waals surface area contributed by atoms with E-state index in [0.717, 1.165) is 11.8 Å². The van der Waals surface area contributed by atoms with Gasteiger partial charge in [0.05, 0.1) is 0 Å². The molecule has 1 fully saturated rings. The van der Waals surface area contributed by atoms with E-state index < -0.39 is 0 Å². The van der Waals surface area contributed by atoms with E-state index in [1.54, 1.807) is 0 Å². The summed E-state index contributed by atoms with van der Waals surface area (Å²) in [7, 11) is 0. The van der Waals surface area contributed by atoms with Crippen LogP contribution in [0.2, 0.25) is 0 Å². The molecule has 2 bridgehead atoms. The number of rotatable bonds is 0. The molecule has 0 heterocycles. The van der Waals surface area contributed by atoms with Gasteiger partial charge in [0, 0.05) is 0 Å². The molecule has 67 valence electrons. The van der Waals surface area contributed by atoms with Gasteiger partial charge in [-0.05, 0) is 43.9 Å². The van der Waals surface area contributed by atoms with Crippen molar-refractivity contribution in [3.8, 4) is 0 Å². The van der Waals surface area contributed by atoms with Crippen LogP contribution in [0.15, 0.2) is 12.2 Å². The van der Waals surface area contributed by atoms with Crippen LogP contribution in [0, 0.1) is 18.3 Å². The average molecular weight is 163 g/mol. The summed E-state index contributed by atoms with van der Waals surface area (Å²) >= 11 is 0. The van der Waals surface area contributed by atoms with Gasteiger partial charge in [0.2, 0.25) is 0 Å². The third kappa shape index (κ3) is 2.12. The van der Waals surface area contributed by atoms with Gasteiger partial charge in [-0.3, -0.25) is 0 Å². The first-order valence-electron chi connectivity index (χ1n) is 5.45. The Kier molecular flexibility index (Phi) is 2.86. The molecule has 0 saturated heterocycles. The summed E-state index contributed by atoms with van der Waals surface area (Å²) < 4.78 is 0. The quantitative estimate of drug-likeness (QED) is 0.510. The number of hydrogen-bond acceptors (Lipinski definition) is 0. The van der Waals surface area contributed by atoms with Crippen molar-refractivity contribution >= 4 is 0 Å². The summed E-state index contributed by atoms with van der Waals surface area (Å²) in [5, 5.41) is 0. The minimum Gasteiger partial charge on any atom is -0.0880 e. The maximum atomic E-state index is 2.43. The second-order valence-corrected chi connectivity index (χ2v) is 4.34. The first kappa shape index (κ1) is 8.34. The SMILES string of the molecule is [CH]1C=CCC2CCCCC1CC2. The molecule has 2 atom stereocenters. The minimum atomic E-state index is 0.907. The summed E-state index contributed by atoms with van der Waals surface area (Å²) in [5.74, 6) is 1.92. The molecule has 0 nitrogen and oxygen atoms in total. The zero-order valence-electron chi connectivity index (χ0n) is 7.84. The highest BCUT2D eigenvalue weighted by atomic mass is 14.2. The van der Waals surface area contributed by atoms with E-state index in [1.807, 2.05) is 0 Å². The molecule has 0 aromatic carbocycles. The second kappa shape index (κ2) is 4.11. The highest BCUT2D eigenvalue weighted by Gasteiger charge is 2.17. The van der Waals surface area contributed by atoms with Gasteiger partial charge in [-0.1, -0.05) is 31.4 Å². The van der Waals surface area contributed by atoms with Crippen LogP contribution in [-0.4, -0.2) is 0 Å². The van der Waals surface area contributed by atoms with Gasteiger partial charge in [0.1, 0.15) is 0 Å². The zero-order chi connectivity index (χ0) is 8.23. The lowest BCUT2D eigenvalue weighted by molar-refractivity contribution is 0.333. The minimum absolute atomic E-state index is 0.907. The van der Waals surface area contributed by atoms with Gasteiger partial charge in [0.15, 0.2) is 0 Å². The molecule has 2 unspecified atom stereocenters. The molecule has 0 aromatic heterocycles.